The molecule has 0 aliphatic carbocycles. The van der Waals surface area contributed by atoms with Gasteiger partial charge in [-0.1, -0.05) is 19.9 Å². The number of sulfonamides is 1. The number of amides is 1. The molecule has 1 amide bonds. The van der Waals surface area contributed by atoms with Gasteiger partial charge in [0.05, 0.1) is 4.90 Å². The van der Waals surface area contributed by atoms with Crippen molar-refractivity contribution in [1.29, 1.82) is 0 Å². The second-order valence-corrected chi connectivity index (χ2v) is 8.76. The van der Waals surface area contributed by atoms with Crippen molar-refractivity contribution in [3.63, 3.8) is 0 Å². The van der Waals surface area contributed by atoms with Crippen LogP contribution < -0.4 is 10.6 Å². The number of carbonyl (C=O) groups is 1. The van der Waals surface area contributed by atoms with E-state index in [1.807, 2.05) is 20.8 Å². The van der Waals surface area contributed by atoms with Gasteiger partial charge in [0.2, 0.25) is 10.0 Å². The van der Waals surface area contributed by atoms with Gasteiger partial charge in [-0.3, -0.25) is 4.79 Å². The van der Waals surface area contributed by atoms with Crippen LogP contribution in [0.3, 0.4) is 0 Å². The Balaban J connectivity index is 0.00000364. The molecule has 154 valence electrons. The van der Waals surface area contributed by atoms with Gasteiger partial charge in [-0.2, -0.15) is 4.31 Å². The number of aryl methyl sites for hydroxylation is 1. The standard InChI is InChI=1S/C19H31N3O3S.ClH/c1-4-22(5-2)26(24,25)17-9-8-15(3)18(13-17)19(23)21-12-10-16-7-6-11-20-14-16;/h8-9,13,16,20H,4-7,10-12,14H2,1-3H3,(H,21,23);1H. The first-order valence-electron chi connectivity index (χ1n) is 9.49. The molecule has 0 spiro atoms. The molecule has 1 aromatic rings. The number of hydrogen-bond donors (Lipinski definition) is 2. The first-order chi connectivity index (χ1) is 12.4. The Morgan fingerprint density at radius 3 is 2.59 bits per heavy atom. The molecule has 27 heavy (non-hydrogen) atoms. The Hall–Kier alpha value is -1.15. The zero-order valence-corrected chi connectivity index (χ0v) is 18.1. The maximum absolute atomic E-state index is 12.7. The Morgan fingerprint density at radius 1 is 1.30 bits per heavy atom. The van der Waals surface area contributed by atoms with E-state index in [2.05, 4.69) is 10.6 Å². The Bertz CT molecular complexity index is 715. The van der Waals surface area contributed by atoms with Crippen LogP contribution in [-0.2, 0) is 10.0 Å². The topological polar surface area (TPSA) is 78.5 Å². The highest BCUT2D eigenvalue weighted by molar-refractivity contribution is 7.89. The average Bonchev–Trinajstić information content (AvgIpc) is 2.63. The summed E-state index contributed by atoms with van der Waals surface area (Å²) in [4.78, 5) is 12.7. The zero-order chi connectivity index (χ0) is 19.2. The van der Waals surface area contributed by atoms with Crippen molar-refractivity contribution in [2.24, 2.45) is 5.92 Å². The van der Waals surface area contributed by atoms with Gasteiger partial charge in [0.15, 0.2) is 0 Å². The molecule has 1 aliphatic heterocycles. The molecular weight excluding hydrogens is 386 g/mol. The van der Waals surface area contributed by atoms with Crippen LogP contribution in [0.15, 0.2) is 23.1 Å². The fourth-order valence-electron chi connectivity index (χ4n) is 3.37. The van der Waals surface area contributed by atoms with Crippen molar-refractivity contribution >= 4 is 28.3 Å². The normalized spacial score (nSPS) is 17.4. The van der Waals surface area contributed by atoms with E-state index < -0.39 is 10.0 Å². The number of piperidine rings is 1. The van der Waals surface area contributed by atoms with Gasteiger partial charge < -0.3 is 10.6 Å². The van der Waals surface area contributed by atoms with Gasteiger partial charge in [0.25, 0.3) is 5.91 Å². The van der Waals surface area contributed by atoms with E-state index in [4.69, 9.17) is 0 Å². The molecule has 1 aromatic carbocycles. The predicted molar refractivity (Wildman–Crippen MR) is 111 cm³/mol. The highest BCUT2D eigenvalue weighted by Gasteiger charge is 2.23. The summed E-state index contributed by atoms with van der Waals surface area (Å²) in [6, 6.07) is 4.78. The van der Waals surface area contributed by atoms with Crippen LogP contribution in [0, 0.1) is 12.8 Å². The Labute approximate surface area is 169 Å². The van der Waals surface area contributed by atoms with E-state index in [0.29, 0.717) is 31.1 Å². The molecular formula is C19H32ClN3O3S. The van der Waals surface area contributed by atoms with Crippen LogP contribution in [0.4, 0.5) is 0 Å². The number of nitrogens with one attached hydrogen (secondary N) is 2. The minimum atomic E-state index is -3.57. The molecule has 1 fully saturated rings. The summed E-state index contributed by atoms with van der Waals surface area (Å²) in [5.74, 6) is 0.391. The van der Waals surface area contributed by atoms with Crippen LogP contribution in [0.25, 0.3) is 0 Å². The first kappa shape index (κ1) is 23.9. The monoisotopic (exact) mass is 417 g/mol. The largest absolute Gasteiger partial charge is 0.352 e. The molecule has 2 N–H and O–H groups in total. The SMILES string of the molecule is CCN(CC)S(=O)(=O)c1ccc(C)c(C(=O)NCCC2CCCNC2)c1.Cl. The van der Waals surface area contributed by atoms with Crippen molar-refractivity contribution in [2.45, 2.75) is 44.9 Å². The zero-order valence-electron chi connectivity index (χ0n) is 16.5. The molecule has 1 unspecified atom stereocenters. The van der Waals surface area contributed by atoms with Crippen molar-refractivity contribution in [1.82, 2.24) is 14.9 Å². The molecule has 8 heteroatoms. The third-order valence-corrected chi connectivity index (χ3v) is 7.08. The van der Waals surface area contributed by atoms with Gasteiger partial charge in [-0.25, -0.2) is 8.42 Å². The van der Waals surface area contributed by atoms with Gasteiger partial charge in [0, 0.05) is 25.2 Å². The summed E-state index contributed by atoms with van der Waals surface area (Å²) in [5, 5.41) is 6.32. The quantitative estimate of drug-likeness (QED) is 0.681. The number of carbonyl (C=O) groups excluding carboxylic acids is 1. The second-order valence-electron chi connectivity index (χ2n) is 6.82. The van der Waals surface area contributed by atoms with E-state index >= 15 is 0 Å². The van der Waals surface area contributed by atoms with E-state index in [1.165, 1.54) is 23.2 Å². The Morgan fingerprint density at radius 2 is 2.00 bits per heavy atom. The molecule has 1 heterocycles. The molecule has 0 bridgehead atoms. The summed E-state index contributed by atoms with van der Waals surface area (Å²) in [6.45, 7) is 8.95. The molecule has 1 aliphatic rings. The Kier molecular flexibility index (Phi) is 9.73. The van der Waals surface area contributed by atoms with E-state index in [1.54, 1.807) is 12.1 Å². The lowest BCUT2D eigenvalue weighted by atomic mass is 9.96. The maximum atomic E-state index is 12.7. The summed E-state index contributed by atoms with van der Waals surface area (Å²) in [5.41, 5.74) is 1.21. The minimum absolute atomic E-state index is 0. The second kappa shape index (κ2) is 11.0. The van der Waals surface area contributed by atoms with Crippen molar-refractivity contribution < 1.29 is 13.2 Å². The van der Waals surface area contributed by atoms with Crippen molar-refractivity contribution in [3.05, 3.63) is 29.3 Å². The number of nitrogens with zero attached hydrogens (tertiary/aromatic N) is 1. The number of halogens is 1. The van der Waals surface area contributed by atoms with Crippen molar-refractivity contribution in [3.8, 4) is 0 Å². The molecule has 0 radical (unpaired) electrons. The lowest BCUT2D eigenvalue weighted by Crippen LogP contribution is -2.33. The maximum Gasteiger partial charge on any atom is 0.251 e. The summed E-state index contributed by atoms with van der Waals surface area (Å²) < 4.78 is 26.8. The average molecular weight is 418 g/mol. The fourth-order valence-corrected chi connectivity index (χ4v) is 4.86. The number of benzene rings is 1. The molecule has 6 nitrogen and oxygen atoms in total. The summed E-state index contributed by atoms with van der Waals surface area (Å²) in [6.07, 6.45) is 3.32. The van der Waals surface area contributed by atoms with E-state index in [-0.39, 0.29) is 23.2 Å². The lowest BCUT2D eigenvalue weighted by Gasteiger charge is -2.22. The minimum Gasteiger partial charge on any atom is -0.352 e. The van der Waals surface area contributed by atoms with Crippen LogP contribution in [0.1, 0.15) is 49.0 Å². The molecule has 2 rings (SSSR count). The molecule has 0 saturated carbocycles. The molecule has 1 saturated heterocycles. The molecule has 0 aromatic heterocycles. The number of hydrogen-bond acceptors (Lipinski definition) is 4. The van der Waals surface area contributed by atoms with Crippen molar-refractivity contribution in [2.75, 3.05) is 32.7 Å². The van der Waals surface area contributed by atoms with E-state index in [0.717, 1.165) is 25.1 Å². The van der Waals surface area contributed by atoms with Crippen LogP contribution >= 0.6 is 12.4 Å². The highest BCUT2D eigenvalue weighted by Crippen LogP contribution is 2.20. The van der Waals surface area contributed by atoms with Crippen LogP contribution in [0.5, 0.6) is 0 Å². The third-order valence-electron chi connectivity index (χ3n) is 5.03. The first-order valence-corrected chi connectivity index (χ1v) is 10.9. The highest BCUT2D eigenvalue weighted by atomic mass is 35.5. The summed E-state index contributed by atoms with van der Waals surface area (Å²) >= 11 is 0. The van der Waals surface area contributed by atoms with Crippen LogP contribution in [-0.4, -0.2) is 51.4 Å². The van der Waals surface area contributed by atoms with Gasteiger partial charge in [-0.05, 0) is 62.9 Å². The van der Waals surface area contributed by atoms with E-state index in [9.17, 15) is 13.2 Å². The fraction of sp³-hybridized carbons (Fsp3) is 0.632. The van der Waals surface area contributed by atoms with Gasteiger partial charge in [-0.15, -0.1) is 12.4 Å². The van der Waals surface area contributed by atoms with Crippen LogP contribution in [0.2, 0.25) is 0 Å². The van der Waals surface area contributed by atoms with Gasteiger partial charge >= 0.3 is 0 Å². The lowest BCUT2D eigenvalue weighted by molar-refractivity contribution is 0.0950. The molecule has 1 atom stereocenters. The summed E-state index contributed by atoms with van der Waals surface area (Å²) in [7, 11) is -3.57. The smallest absolute Gasteiger partial charge is 0.251 e. The van der Waals surface area contributed by atoms with Gasteiger partial charge in [0.1, 0.15) is 0 Å². The number of rotatable bonds is 8. The third kappa shape index (κ3) is 6.17. The predicted octanol–water partition coefficient (Wildman–Crippen LogP) is 2.57.